The lowest BCUT2D eigenvalue weighted by Crippen LogP contribution is -2.58. The second-order valence-corrected chi connectivity index (χ2v) is 10.4. The first-order chi connectivity index (χ1) is 19.6. The summed E-state index contributed by atoms with van der Waals surface area (Å²) in [5, 5.41) is 17.9. The summed E-state index contributed by atoms with van der Waals surface area (Å²) in [7, 11) is 0. The van der Waals surface area contributed by atoms with Crippen LogP contribution in [-0.4, -0.2) is 85.8 Å². The van der Waals surface area contributed by atoms with Crippen LogP contribution in [0.1, 0.15) is 24.1 Å². The lowest BCUT2D eigenvalue weighted by Gasteiger charge is -2.25. The van der Waals surface area contributed by atoms with Crippen LogP contribution < -0.4 is 27.4 Å². The lowest BCUT2D eigenvalue weighted by molar-refractivity contribution is -0.143. The molecule has 0 saturated heterocycles. The third kappa shape index (κ3) is 9.08. The molecule has 3 rings (SSSR count). The minimum absolute atomic E-state index is 0.0657. The zero-order valence-electron chi connectivity index (χ0n) is 22.4. The van der Waals surface area contributed by atoms with Crippen molar-refractivity contribution in [3.63, 3.8) is 0 Å². The summed E-state index contributed by atoms with van der Waals surface area (Å²) < 4.78 is 0. The number of aliphatic carboxylic acids is 1. The fourth-order valence-electron chi connectivity index (χ4n) is 4.18. The number of imidazole rings is 1. The van der Waals surface area contributed by atoms with Crippen LogP contribution in [0.3, 0.4) is 0 Å². The van der Waals surface area contributed by atoms with Crippen LogP contribution >= 0.6 is 11.8 Å². The monoisotopic (exact) mass is 586 g/mol. The Morgan fingerprint density at radius 1 is 0.976 bits per heavy atom. The number of hydrogen-bond donors (Lipinski definition) is 8. The van der Waals surface area contributed by atoms with Gasteiger partial charge in [0.1, 0.15) is 18.1 Å². The third-order valence-electron chi connectivity index (χ3n) is 6.33. The molecule has 1 aromatic carbocycles. The molecular weight excluding hydrogens is 552 g/mol. The van der Waals surface area contributed by atoms with Gasteiger partial charge in [-0.3, -0.25) is 19.2 Å². The first-order valence-corrected chi connectivity index (χ1v) is 14.2. The Labute approximate surface area is 239 Å². The number of carbonyl (C=O) groups excluding carboxylic acids is 4. The number of carboxylic acids is 1. The first-order valence-electron chi connectivity index (χ1n) is 12.8. The quantitative estimate of drug-likeness (QED) is 0.104. The van der Waals surface area contributed by atoms with Gasteiger partial charge in [0.05, 0.1) is 18.8 Å². The van der Waals surface area contributed by atoms with E-state index in [4.69, 9.17) is 11.5 Å². The molecule has 4 amide bonds. The molecular formula is C26H34N8O6S. The number of hydrogen-bond acceptors (Lipinski definition) is 8. The molecule has 0 spiro atoms. The SMILES string of the molecule is CSCCC(NC(=O)C(N)Cc1c[nH]c2ccccc12)C(=O)NC(Cc1cnc[nH]1)C(=O)NC(CC(N)=O)C(=O)O. The zero-order valence-corrected chi connectivity index (χ0v) is 23.2. The molecule has 41 heavy (non-hydrogen) atoms. The number of nitrogens with two attached hydrogens (primary N) is 2. The van der Waals surface area contributed by atoms with E-state index in [0.717, 1.165) is 16.5 Å². The number of para-hydroxylation sites is 1. The summed E-state index contributed by atoms with van der Waals surface area (Å²) in [4.78, 5) is 72.2. The molecule has 0 aliphatic carbocycles. The van der Waals surface area contributed by atoms with Crippen molar-refractivity contribution < 1.29 is 29.1 Å². The summed E-state index contributed by atoms with van der Waals surface area (Å²) in [5.74, 6) is -3.92. The Hall–Kier alpha value is -4.37. The number of aromatic amines is 2. The fraction of sp³-hybridized carbons (Fsp3) is 0.385. The van der Waals surface area contributed by atoms with Gasteiger partial charge in [0.15, 0.2) is 0 Å². The van der Waals surface area contributed by atoms with Crippen LogP contribution in [0, 0.1) is 0 Å². The normalized spacial score (nSPS) is 14.0. The van der Waals surface area contributed by atoms with Crippen molar-refractivity contribution in [3.05, 3.63) is 54.2 Å². The topological polar surface area (TPSA) is 238 Å². The number of rotatable bonds is 16. The minimum atomic E-state index is -1.59. The van der Waals surface area contributed by atoms with Crippen LogP contribution in [0.15, 0.2) is 43.0 Å². The van der Waals surface area contributed by atoms with E-state index in [2.05, 4.69) is 30.9 Å². The summed E-state index contributed by atoms with van der Waals surface area (Å²) in [6.07, 6.45) is 6.24. The number of carbonyl (C=O) groups is 5. The third-order valence-corrected chi connectivity index (χ3v) is 6.97. The molecule has 4 unspecified atom stereocenters. The molecule has 0 fully saturated rings. The van der Waals surface area contributed by atoms with Crippen molar-refractivity contribution in [2.24, 2.45) is 11.5 Å². The summed E-state index contributed by atoms with van der Waals surface area (Å²) in [5.41, 5.74) is 13.6. The number of nitrogens with zero attached hydrogens (tertiary/aromatic N) is 1. The molecule has 0 aliphatic rings. The highest BCUT2D eigenvalue weighted by atomic mass is 32.2. The van der Waals surface area contributed by atoms with Crippen molar-refractivity contribution >= 4 is 52.3 Å². The van der Waals surface area contributed by atoms with Gasteiger partial charge in [0.2, 0.25) is 23.6 Å². The Balaban J connectivity index is 1.72. The van der Waals surface area contributed by atoms with E-state index in [1.807, 2.05) is 30.5 Å². The predicted molar refractivity (Wildman–Crippen MR) is 153 cm³/mol. The highest BCUT2D eigenvalue weighted by Crippen LogP contribution is 2.19. The van der Waals surface area contributed by atoms with Crippen LogP contribution in [0.25, 0.3) is 10.9 Å². The van der Waals surface area contributed by atoms with Crippen LogP contribution in [0.5, 0.6) is 0 Å². The highest BCUT2D eigenvalue weighted by molar-refractivity contribution is 7.98. The molecule has 0 bridgehead atoms. The van der Waals surface area contributed by atoms with E-state index in [-0.39, 0.29) is 19.3 Å². The van der Waals surface area contributed by atoms with Crippen molar-refractivity contribution in [2.75, 3.05) is 12.0 Å². The van der Waals surface area contributed by atoms with Crippen molar-refractivity contribution in [1.82, 2.24) is 30.9 Å². The number of nitrogens with one attached hydrogen (secondary N) is 5. The highest BCUT2D eigenvalue weighted by Gasteiger charge is 2.31. The van der Waals surface area contributed by atoms with Crippen LogP contribution in [0.4, 0.5) is 0 Å². The van der Waals surface area contributed by atoms with E-state index in [0.29, 0.717) is 11.4 Å². The summed E-state index contributed by atoms with van der Waals surface area (Å²) >= 11 is 1.47. The van der Waals surface area contributed by atoms with Crippen molar-refractivity contribution in [1.29, 1.82) is 0 Å². The molecule has 2 heterocycles. The fourth-order valence-corrected chi connectivity index (χ4v) is 4.66. The number of benzene rings is 1. The summed E-state index contributed by atoms with van der Waals surface area (Å²) in [6.45, 7) is 0. The van der Waals surface area contributed by atoms with Gasteiger partial charge in [-0.25, -0.2) is 9.78 Å². The molecule has 15 heteroatoms. The van der Waals surface area contributed by atoms with Gasteiger partial charge < -0.3 is 42.5 Å². The largest absolute Gasteiger partial charge is 0.480 e. The van der Waals surface area contributed by atoms with Crippen molar-refractivity contribution in [3.8, 4) is 0 Å². The maximum absolute atomic E-state index is 13.4. The Bertz CT molecular complexity index is 1360. The first kappa shape index (κ1) is 31.2. The number of primary amides is 1. The van der Waals surface area contributed by atoms with Gasteiger partial charge >= 0.3 is 5.97 Å². The predicted octanol–water partition coefficient (Wildman–Crippen LogP) is -0.829. The van der Waals surface area contributed by atoms with Gasteiger partial charge in [0.25, 0.3) is 0 Å². The van der Waals surface area contributed by atoms with E-state index >= 15 is 0 Å². The average Bonchev–Trinajstić information content (AvgIpc) is 3.59. The lowest BCUT2D eigenvalue weighted by atomic mass is 10.0. The molecule has 220 valence electrons. The van der Waals surface area contributed by atoms with Crippen LogP contribution in [-0.2, 0) is 36.8 Å². The maximum Gasteiger partial charge on any atom is 0.326 e. The van der Waals surface area contributed by atoms with Gasteiger partial charge in [-0.05, 0) is 36.5 Å². The van der Waals surface area contributed by atoms with Gasteiger partial charge in [-0.15, -0.1) is 0 Å². The minimum Gasteiger partial charge on any atom is -0.480 e. The molecule has 3 aromatic rings. The van der Waals surface area contributed by atoms with Gasteiger partial charge in [-0.2, -0.15) is 11.8 Å². The number of fused-ring (bicyclic) bond motifs is 1. The second-order valence-electron chi connectivity index (χ2n) is 9.42. The van der Waals surface area contributed by atoms with Gasteiger partial charge in [-0.1, -0.05) is 18.2 Å². The van der Waals surface area contributed by atoms with E-state index in [1.165, 1.54) is 24.3 Å². The Morgan fingerprint density at radius 2 is 1.66 bits per heavy atom. The molecule has 10 N–H and O–H groups in total. The van der Waals surface area contributed by atoms with Crippen molar-refractivity contribution in [2.45, 2.75) is 49.9 Å². The molecule has 4 atom stereocenters. The van der Waals surface area contributed by atoms with Gasteiger partial charge in [0, 0.05) is 35.4 Å². The molecule has 14 nitrogen and oxygen atoms in total. The molecule has 0 saturated carbocycles. The maximum atomic E-state index is 13.4. The smallest absolute Gasteiger partial charge is 0.326 e. The molecule has 2 aromatic heterocycles. The number of H-pyrrole nitrogens is 2. The van der Waals surface area contributed by atoms with E-state index in [1.54, 1.807) is 6.20 Å². The number of amides is 4. The number of aromatic nitrogens is 3. The number of carboxylic acid groups (broad SMARTS) is 1. The Morgan fingerprint density at radius 3 is 2.32 bits per heavy atom. The van der Waals surface area contributed by atoms with E-state index in [9.17, 15) is 29.1 Å². The Kier molecular flexibility index (Phi) is 11.3. The standard InChI is InChI=1S/C26H34N8O6S/c1-41-7-6-19(32-23(36)17(27)8-14-11-30-18-5-3-2-4-16(14)18)24(37)33-20(9-15-12-29-13-31-15)25(38)34-21(26(39)40)10-22(28)35/h2-5,11-13,17,19-21,30H,6-10,27H2,1H3,(H2,28,35)(H,29,31)(H,32,36)(H,33,37)(H,34,38)(H,39,40). The molecule has 0 aliphatic heterocycles. The second kappa shape index (κ2) is 14.9. The molecule has 0 radical (unpaired) electrons. The zero-order chi connectivity index (χ0) is 29.9. The number of thioether (sulfide) groups is 1. The average molecular weight is 587 g/mol. The van der Waals surface area contributed by atoms with E-state index < -0.39 is 60.2 Å². The van der Waals surface area contributed by atoms with Crippen LogP contribution in [0.2, 0.25) is 0 Å². The summed E-state index contributed by atoms with van der Waals surface area (Å²) in [6, 6.07) is 2.79.